The van der Waals surface area contributed by atoms with Crippen molar-refractivity contribution < 1.29 is 19.0 Å². The van der Waals surface area contributed by atoms with Gasteiger partial charge in [0.15, 0.2) is 11.5 Å². The average molecular weight is 252 g/mol. The monoisotopic (exact) mass is 252 g/mol. The third-order valence-corrected chi connectivity index (χ3v) is 2.51. The summed E-state index contributed by atoms with van der Waals surface area (Å²) in [5.74, 6) is 1.38. The maximum Gasteiger partial charge on any atom is 0.308 e. The van der Waals surface area contributed by atoms with Crippen molar-refractivity contribution in [1.29, 1.82) is 0 Å². The van der Waals surface area contributed by atoms with E-state index < -0.39 is 0 Å². The van der Waals surface area contributed by atoms with E-state index in [4.69, 9.17) is 14.2 Å². The molecule has 0 aliphatic rings. The second kappa shape index (κ2) is 5.29. The Morgan fingerprint density at radius 1 is 1.06 bits per heavy atom. The summed E-state index contributed by atoms with van der Waals surface area (Å²) in [6.07, 6.45) is 0. The first-order chi connectivity index (χ1) is 8.31. The van der Waals surface area contributed by atoms with E-state index in [1.807, 2.05) is 20.8 Å². The van der Waals surface area contributed by atoms with Crippen LogP contribution in [-0.4, -0.2) is 20.2 Å². The van der Waals surface area contributed by atoms with Crippen molar-refractivity contribution in [2.24, 2.45) is 0 Å². The highest BCUT2D eigenvalue weighted by atomic mass is 16.5. The highest BCUT2D eigenvalue weighted by Gasteiger charge is 2.27. The molecule has 4 heteroatoms. The molecule has 0 spiro atoms. The van der Waals surface area contributed by atoms with Crippen molar-refractivity contribution in [3.8, 4) is 17.2 Å². The average Bonchev–Trinajstić information content (AvgIpc) is 2.25. The molecule has 18 heavy (non-hydrogen) atoms. The number of esters is 1. The summed E-state index contributed by atoms with van der Waals surface area (Å²) < 4.78 is 15.9. The predicted molar refractivity (Wildman–Crippen MR) is 69.6 cm³/mol. The van der Waals surface area contributed by atoms with Crippen molar-refractivity contribution >= 4 is 5.97 Å². The molecule has 0 aromatic heterocycles. The lowest BCUT2D eigenvalue weighted by molar-refractivity contribution is -0.131. The Morgan fingerprint density at radius 3 is 2.00 bits per heavy atom. The number of hydrogen-bond donors (Lipinski definition) is 0. The summed E-state index contributed by atoms with van der Waals surface area (Å²) in [6, 6.07) is 3.45. The van der Waals surface area contributed by atoms with Crippen LogP contribution >= 0.6 is 0 Å². The van der Waals surface area contributed by atoms with Crippen LogP contribution < -0.4 is 14.2 Å². The number of hydrogen-bond acceptors (Lipinski definition) is 4. The Morgan fingerprint density at radius 2 is 1.61 bits per heavy atom. The number of ether oxygens (including phenoxy) is 3. The van der Waals surface area contributed by atoms with Gasteiger partial charge >= 0.3 is 5.97 Å². The Labute approximate surface area is 108 Å². The largest absolute Gasteiger partial charge is 0.493 e. The Balaban J connectivity index is 3.49. The van der Waals surface area contributed by atoms with Gasteiger partial charge in [0.25, 0.3) is 0 Å². The fraction of sp³-hybridized carbons (Fsp3) is 0.500. The van der Waals surface area contributed by atoms with E-state index in [9.17, 15) is 4.79 Å². The minimum Gasteiger partial charge on any atom is -0.493 e. The van der Waals surface area contributed by atoms with Crippen LogP contribution in [0.25, 0.3) is 0 Å². The molecular formula is C14H20O4. The molecule has 0 radical (unpaired) electrons. The van der Waals surface area contributed by atoms with Gasteiger partial charge < -0.3 is 14.2 Å². The molecule has 0 aliphatic carbocycles. The fourth-order valence-electron chi connectivity index (χ4n) is 1.86. The van der Waals surface area contributed by atoms with Gasteiger partial charge in [0.2, 0.25) is 0 Å². The Hall–Kier alpha value is -1.71. The molecule has 0 bridgehead atoms. The molecule has 1 aromatic carbocycles. The van der Waals surface area contributed by atoms with E-state index in [1.54, 1.807) is 26.4 Å². The molecule has 0 saturated heterocycles. The zero-order valence-corrected chi connectivity index (χ0v) is 11.8. The summed E-state index contributed by atoms with van der Waals surface area (Å²) in [4.78, 5) is 11.2. The first kappa shape index (κ1) is 14.4. The van der Waals surface area contributed by atoms with E-state index >= 15 is 0 Å². The zero-order chi connectivity index (χ0) is 13.9. The van der Waals surface area contributed by atoms with Crippen molar-refractivity contribution in [3.63, 3.8) is 0 Å². The van der Waals surface area contributed by atoms with Crippen LogP contribution in [0, 0.1) is 0 Å². The van der Waals surface area contributed by atoms with Gasteiger partial charge in [-0.1, -0.05) is 20.8 Å². The number of rotatable bonds is 3. The van der Waals surface area contributed by atoms with Gasteiger partial charge in [0.05, 0.1) is 14.2 Å². The van der Waals surface area contributed by atoms with Gasteiger partial charge in [-0.15, -0.1) is 0 Å². The quantitative estimate of drug-likeness (QED) is 0.613. The lowest BCUT2D eigenvalue weighted by Crippen LogP contribution is -2.17. The second-order valence-corrected chi connectivity index (χ2v) is 5.02. The molecular weight excluding hydrogens is 232 g/mol. The third kappa shape index (κ3) is 2.94. The maximum atomic E-state index is 11.2. The molecule has 1 rings (SSSR count). The van der Waals surface area contributed by atoms with Crippen LogP contribution in [0.5, 0.6) is 17.2 Å². The van der Waals surface area contributed by atoms with Gasteiger partial charge in [-0.2, -0.15) is 0 Å². The smallest absolute Gasteiger partial charge is 0.308 e. The molecule has 0 unspecified atom stereocenters. The first-order valence-electron chi connectivity index (χ1n) is 5.75. The van der Waals surface area contributed by atoms with E-state index in [0.29, 0.717) is 17.2 Å². The molecule has 1 aromatic rings. The number of benzene rings is 1. The molecule has 0 aliphatic heterocycles. The van der Waals surface area contributed by atoms with Crippen molar-refractivity contribution in [2.75, 3.05) is 14.2 Å². The molecule has 0 N–H and O–H groups in total. The Bertz CT molecular complexity index is 444. The normalized spacial score (nSPS) is 11.0. The highest BCUT2D eigenvalue weighted by molar-refractivity contribution is 5.71. The molecule has 4 nitrogen and oxygen atoms in total. The second-order valence-electron chi connectivity index (χ2n) is 5.02. The van der Waals surface area contributed by atoms with Gasteiger partial charge in [-0.25, -0.2) is 0 Å². The predicted octanol–water partition coefficient (Wildman–Crippen LogP) is 2.93. The van der Waals surface area contributed by atoms with E-state index in [2.05, 4.69) is 0 Å². The SMILES string of the molecule is COc1ccc(OC(C)=O)c(C(C)(C)C)c1OC. The summed E-state index contributed by atoms with van der Waals surface area (Å²) in [5.41, 5.74) is 0.588. The van der Waals surface area contributed by atoms with Crippen LogP contribution in [0.4, 0.5) is 0 Å². The molecule has 100 valence electrons. The van der Waals surface area contributed by atoms with Crippen molar-refractivity contribution in [1.82, 2.24) is 0 Å². The molecule has 0 fully saturated rings. The standard InChI is InChI=1S/C14H20O4/c1-9(15)18-10-7-8-11(16-5)13(17-6)12(10)14(2,3)4/h7-8H,1-6H3. The summed E-state index contributed by atoms with van der Waals surface area (Å²) in [6.45, 7) is 7.45. The topological polar surface area (TPSA) is 44.8 Å². The van der Waals surface area contributed by atoms with Crippen LogP contribution in [-0.2, 0) is 10.2 Å². The Kier molecular flexibility index (Phi) is 4.22. The van der Waals surface area contributed by atoms with E-state index in [0.717, 1.165) is 5.56 Å². The van der Waals surface area contributed by atoms with E-state index in [1.165, 1.54) is 6.92 Å². The van der Waals surface area contributed by atoms with Gasteiger partial charge in [-0.05, 0) is 17.5 Å². The van der Waals surface area contributed by atoms with Crippen LogP contribution in [0.15, 0.2) is 12.1 Å². The fourth-order valence-corrected chi connectivity index (χ4v) is 1.86. The number of methoxy groups -OCH3 is 2. The van der Waals surface area contributed by atoms with Gasteiger partial charge in [0, 0.05) is 12.5 Å². The van der Waals surface area contributed by atoms with Crippen molar-refractivity contribution in [3.05, 3.63) is 17.7 Å². The van der Waals surface area contributed by atoms with Gasteiger partial charge in [-0.3, -0.25) is 4.79 Å². The number of carbonyl (C=O) groups excluding carboxylic acids is 1. The lowest BCUT2D eigenvalue weighted by Gasteiger charge is -2.25. The third-order valence-electron chi connectivity index (χ3n) is 2.51. The lowest BCUT2D eigenvalue weighted by atomic mass is 9.85. The van der Waals surface area contributed by atoms with Crippen LogP contribution in [0.2, 0.25) is 0 Å². The zero-order valence-electron chi connectivity index (χ0n) is 11.8. The summed E-state index contributed by atoms with van der Waals surface area (Å²) in [5, 5.41) is 0. The van der Waals surface area contributed by atoms with E-state index in [-0.39, 0.29) is 11.4 Å². The summed E-state index contributed by atoms with van der Waals surface area (Å²) in [7, 11) is 3.15. The van der Waals surface area contributed by atoms with Crippen molar-refractivity contribution in [2.45, 2.75) is 33.1 Å². The minimum absolute atomic E-state index is 0.231. The molecule has 0 atom stereocenters. The molecule has 0 heterocycles. The van der Waals surface area contributed by atoms with Gasteiger partial charge in [0.1, 0.15) is 5.75 Å². The molecule has 0 amide bonds. The molecule has 0 saturated carbocycles. The van der Waals surface area contributed by atoms with Crippen LogP contribution in [0.1, 0.15) is 33.3 Å². The maximum absolute atomic E-state index is 11.2. The first-order valence-corrected chi connectivity index (χ1v) is 5.75. The minimum atomic E-state index is -0.354. The van der Waals surface area contributed by atoms with Crippen LogP contribution in [0.3, 0.4) is 0 Å². The number of carbonyl (C=O) groups is 1. The highest BCUT2D eigenvalue weighted by Crippen LogP contribution is 2.44. The summed E-state index contributed by atoms with van der Waals surface area (Å²) >= 11 is 0.